The molecule has 1 saturated heterocycles. The molecule has 1 aliphatic heterocycles. The molecule has 1 saturated carbocycles. The first-order chi connectivity index (χ1) is 9.54. The van der Waals surface area contributed by atoms with Crippen molar-refractivity contribution in [2.75, 3.05) is 6.61 Å². The molecule has 0 aromatic carbocycles. The molecule has 5 nitrogen and oxygen atoms in total. The van der Waals surface area contributed by atoms with Gasteiger partial charge in [0, 0.05) is 17.9 Å². The monoisotopic (exact) mass is 274 g/mol. The third-order valence-corrected chi connectivity index (χ3v) is 4.48. The van der Waals surface area contributed by atoms with Gasteiger partial charge < -0.3 is 14.5 Å². The highest BCUT2D eigenvalue weighted by molar-refractivity contribution is 5.87. The number of carbonyl (C=O) groups excluding carboxylic acids is 1. The molecule has 2 fully saturated rings. The minimum atomic E-state index is -0.395. The Bertz CT molecular complexity index is 570. The summed E-state index contributed by atoms with van der Waals surface area (Å²) in [6.45, 7) is 4.95. The summed E-state index contributed by atoms with van der Waals surface area (Å²) in [6, 6.07) is 5.12. The normalized spacial score (nSPS) is 30.8. The van der Waals surface area contributed by atoms with Crippen molar-refractivity contribution in [3.05, 3.63) is 23.5 Å². The molecule has 3 unspecified atom stereocenters. The number of hydrogen-bond donors (Lipinski definition) is 1. The molecule has 1 aromatic rings. The highest BCUT2D eigenvalue weighted by Gasteiger charge is 2.60. The summed E-state index contributed by atoms with van der Waals surface area (Å²) >= 11 is 0. The molecule has 0 bridgehead atoms. The number of ether oxygens (including phenoxy) is 2. The third-order valence-electron chi connectivity index (χ3n) is 4.48. The topological polar surface area (TPSA) is 75.1 Å². The number of hydrogen-bond acceptors (Lipinski definition) is 4. The van der Waals surface area contributed by atoms with Gasteiger partial charge in [-0.3, -0.25) is 0 Å². The second-order valence-corrected chi connectivity index (χ2v) is 6.14. The van der Waals surface area contributed by atoms with Crippen LogP contribution in [0.2, 0.25) is 0 Å². The number of nitrogens with one attached hydrogen (secondary N) is 1. The third kappa shape index (κ3) is 1.92. The van der Waals surface area contributed by atoms with Crippen molar-refractivity contribution in [3.8, 4) is 6.07 Å². The molecular weight excluding hydrogens is 256 g/mol. The average Bonchev–Trinajstić information content (AvgIpc) is 2.93. The van der Waals surface area contributed by atoms with Crippen LogP contribution in [-0.2, 0) is 9.47 Å². The van der Waals surface area contributed by atoms with E-state index in [9.17, 15) is 4.79 Å². The number of nitriles is 1. The molecule has 5 heteroatoms. The lowest BCUT2D eigenvalue weighted by Gasteiger charge is -2.58. The van der Waals surface area contributed by atoms with Gasteiger partial charge >= 0.3 is 5.97 Å². The first-order valence-corrected chi connectivity index (χ1v) is 6.95. The Morgan fingerprint density at radius 3 is 3.05 bits per heavy atom. The Morgan fingerprint density at radius 2 is 2.35 bits per heavy atom. The average molecular weight is 274 g/mol. The van der Waals surface area contributed by atoms with Crippen LogP contribution in [0.1, 0.15) is 42.9 Å². The Labute approximate surface area is 117 Å². The number of carbonyl (C=O) groups is 1. The number of nitrogens with zero attached hydrogens (tertiary/aromatic N) is 1. The molecule has 0 radical (unpaired) electrons. The molecular formula is C15H18N2O3. The molecule has 3 atom stereocenters. The molecule has 2 heterocycles. The van der Waals surface area contributed by atoms with Gasteiger partial charge in [-0.1, -0.05) is 13.8 Å². The molecule has 1 aromatic heterocycles. The van der Waals surface area contributed by atoms with Gasteiger partial charge in [-0.15, -0.1) is 0 Å². The SMILES string of the molecule is CC1(C)C2OCCCC2C1OC(=O)c1ccc(C#N)[nH]1. The number of H-pyrrole nitrogens is 1. The largest absolute Gasteiger partial charge is 0.457 e. The van der Waals surface area contributed by atoms with Gasteiger partial charge in [0.15, 0.2) is 0 Å². The van der Waals surface area contributed by atoms with Gasteiger partial charge in [0.2, 0.25) is 0 Å². The van der Waals surface area contributed by atoms with E-state index >= 15 is 0 Å². The van der Waals surface area contributed by atoms with Crippen LogP contribution in [0.5, 0.6) is 0 Å². The van der Waals surface area contributed by atoms with E-state index in [1.807, 2.05) is 6.07 Å². The maximum Gasteiger partial charge on any atom is 0.355 e. The molecule has 0 amide bonds. The van der Waals surface area contributed by atoms with Crippen molar-refractivity contribution in [1.29, 1.82) is 5.26 Å². The summed E-state index contributed by atoms with van der Waals surface area (Å²) in [6.07, 6.45) is 2.13. The maximum atomic E-state index is 12.1. The number of fused-ring (bicyclic) bond motifs is 1. The Balaban J connectivity index is 1.71. The summed E-state index contributed by atoms with van der Waals surface area (Å²) in [5.41, 5.74) is 0.548. The van der Waals surface area contributed by atoms with Gasteiger partial charge in [-0.2, -0.15) is 5.26 Å². The van der Waals surface area contributed by atoms with Crippen molar-refractivity contribution in [2.45, 2.75) is 38.9 Å². The standard InChI is InChI=1S/C15H18N2O3/c1-15(2)12-10(4-3-7-19-12)13(15)20-14(18)11-6-5-9(8-16)17-11/h5-6,10,12-13,17H,3-4,7H2,1-2H3. The number of esters is 1. The van der Waals surface area contributed by atoms with Crippen LogP contribution in [0.15, 0.2) is 12.1 Å². The molecule has 20 heavy (non-hydrogen) atoms. The zero-order valence-electron chi connectivity index (χ0n) is 11.7. The first-order valence-electron chi connectivity index (χ1n) is 6.95. The van der Waals surface area contributed by atoms with Crippen molar-refractivity contribution in [2.24, 2.45) is 11.3 Å². The number of aromatic nitrogens is 1. The van der Waals surface area contributed by atoms with E-state index in [1.165, 1.54) is 0 Å². The Hall–Kier alpha value is -1.80. The summed E-state index contributed by atoms with van der Waals surface area (Å²) in [4.78, 5) is 14.9. The van der Waals surface area contributed by atoms with Crippen LogP contribution in [0.25, 0.3) is 0 Å². The van der Waals surface area contributed by atoms with E-state index in [-0.39, 0.29) is 17.6 Å². The van der Waals surface area contributed by atoms with E-state index in [0.717, 1.165) is 19.4 Å². The second kappa shape index (κ2) is 4.64. The fourth-order valence-corrected chi connectivity index (χ4v) is 3.47. The second-order valence-electron chi connectivity index (χ2n) is 6.14. The smallest absolute Gasteiger partial charge is 0.355 e. The molecule has 2 aliphatic rings. The summed E-state index contributed by atoms with van der Waals surface area (Å²) in [7, 11) is 0. The summed E-state index contributed by atoms with van der Waals surface area (Å²) in [5.74, 6) is -0.0957. The zero-order chi connectivity index (χ0) is 14.3. The van der Waals surface area contributed by atoms with Crippen molar-refractivity contribution >= 4 is 5.97 Å². The van der Waals surface area contributed by atoms with Crippen LogP contribution in [0.3, 0.4) is 0 Å². The molecule has 1 N–H and O–H groups in total. The Kier molecular flexibility index (Phi) is 3.06. The van der Waals surface area contributed by atoms with Crippen molar-refractivity contribution < 1.29 is 14.3 Å². The lowest BCUT2D eigenvalue weighted by Crippen LogP contribution is -2.65. The van der Waals surface area contributed by atoms with E-state index in [2.05, 4.69) is 18.8 Å². The van der Waals surface area contributed by atoms with Gasteiger partial charge in [-0.05, 0) is 25.0 Å². The van der Waals surface area contributed by atoms with Crippen molar-refractivity contribution in [3.63, 3.8) is 0 Å². The molecule has 1 aliphatic carbocycles. The van der Waals surface area contributed by atoms with Crippen molar-refractivity contribution in [1.82, 2.24) is 4.98 Å². The lowest BCUT2D eigenvalue weighted by molar-refractivity contribution is -0.243. The fourth-order valence-electron chi connectivity index (χ4n) is 3.47. The van der Waals surface area contributed by atoms with Gasteiger partial charge in [0.25, 0.3) is 0 Å². The van der Waals surface area contributed by atoms with E-state index in [0.29, 0.717) is 17.3 Å². The molecule has 106 valence electrons. The molecule has 0 spiro atoms. The van der Waals surface area contributed by atoms with E-state index in [1.54, 1.807) is 12.1 Å². The van der Waals surface area contributed by atoms with E-state index < -0.39 is 5.97 Å². The minimum Gasteiger partial charge on any atom is -0.457 e. The first kappa shape index (κ1) is 13.2. The minimum absolute atomic E-state index is 0.117. The van der Waals surface area contributed by atoms with Gasteiger partial charge in [0.05, 0.1) is 6.10 Å². The number of rotatable bonds is 2. The quantitative estimate of drug-likeness (QED) is 0.839. The van der Waals surface area contributed by atoms with Crippen LogP contribution < -0.4 is 0 Å². The van der Waals surface area contributed by atoms with Crippen LogP contribution in [0, 0.1) is 22.7 Å². The summed E-state index contributed by atoms with van der Waals surface area (Å²) < 4.78 is 11.4. The van der Waals surface area contributed by atoms with Gasteiger partial charge in [-0.25, -0.2) is 4.79 Å². The van der Waals surface area contributed by atoms with Crippen LogP contribution in [0.4, 0.5) is 0 Å². The summed E-state index contributed by atoms with van der Waals surface area (Å²) in [5, 5.41) is 8.76. The fraction of sp³-hybridized carbons (Fsp3) is 0.600. The number of aromatic amines is 1. The molecule has 3 rings (SSSR count). The van der Waals surface area contributed by atoms with Crippen LogP contribution >= 0.6 is 0 Å². The van der Waals surface area contributed by atoms with E-state index in [4.69, 9.17) is 14.7 Å². The zero-order valence-corrected chi connectivity index (χ0v) is 11.7. The lowest BCUT2D eigenvalue weighted by atomic mass is 9.57. The van der Waals surface area contributed by atoms with Gasteiger partial charge in [0.1, 0.15) is 23.6 Å². The predicted octanol–water partition coefficient (Wildman–Crippen LogP) is 2.25. The Morgan fingerprint density at radius 1 is 1.55 bits per heavy atom. The highest BCUT2D eigenvalue weighted by atomic mass is 16.6. The van der Waals surface area contributed by atoms with Crippen LogP contribution in [-0.4, -0.2) is 29.8 Å². The highest BCUT2D eigenvalue weighted by Crippen LogP contribution is 2.53. The predicted molar refractivity (Wildman–Crippen MR) is 71.0 cm³/mol. The maximum absolute atomic E-state index is 12.1.